The molecule has 2 aromatic carbocycles. The number of hydrogen-bond donors (Lipinski definition) is 0. The molecule has 1 aliphatic rings. The standard InChI is InChI=1S/C13H12O2S.C6H10/c1-16(14,15)13-9-7-12(8-10-13)11-5-3-2-4-6-11;1-2-4-6-5-3-1/h2-10H,1H3;1-2H,3-6H2. The molecule has 0 bridgehead atoms. The van der Waals surface area contributed by atoms with Gasteiger partial charge >= 0.3 is 0 Å². The van der Waals surface area contributed by atoms with E-state index in [2.05, 4.69) is 12.2 Å². The molecule has 0 saturated heterocycles. The molecule has 3 rings (SSSR count). The highest BCUT2D eigenvalue weighted by atomic mass is 32.2. The van der Waals surface area contributed by atoms with E-state index >= 15 is 0 Å². The summed E-state index contributed by atoms with van der Waals surface area (Å²) < 4.78 is 22.6. The molecule has 0 radical (unpaired) electrons. The van der Waals surface area contributed by atoms with Gasteiger partial charge in [0.1, 0.15) is 0 Å². The van der Waals surface area contributed by atoms with Crippen LogP contribution in [-0.4, -0.2) is 14.7 Å². The first-order valence-electron chi connectivity index (χ1n) is 7.58. The Kier molecular flexibility index (Phi) is 5.96. The second kappa shape index (κ2) is 7.95. The zero-order chi connectivity index (χ0) is 15.8. The van der Waals surface area contributed by atoms with Crippen molar-refractivity contribution in [3.63, 3.8) is 0 Å². The Morgan fingerprint density at radius 2 is 1.23 bits per heavy atom. The van der Waals surface area contributed by atoms with Crippen LogP contribution < -0.4 is 0 Å². The molecule has 116 valence electrons. The van der Waals surface area contributed by atoms with Gasteiger partial charge in [-0.2, -0.15) is 0 Å². The van der Waals surface area contributed by atoms with Crippen molar-refractivity contribution in [2.45, 2.75) is 30.6 Å². The average molecular weight is 314 g/mol. The Morgan fingerprint density at radius 3 is 1.64 bits per heavy atom. The predicted octanol–water partition coefficient (Wildman–Crippen LogP) is 4.87. The summed E-state index contributed by atoms with van der Waals surface area (Å²) in [7, 11) is -3.10. The molecule has 1 aliphatic carbocycles. The number of sulfone groups is 1. The summed E-state index contributed by atoms with van der Waals surface area (Å²) in [6.07, 6.45) is 11.2. The van der Waals surface area contributed by atoms with Crippen molar-refractivity contribution in [1.82, 2.24) is 0 Å². The second-order valence-electron chi connectivity index (χ2n) is 5.42. The molecule has 0 aliphatic heterocycles. The Morgan fingerprint density at radius 1 is 0.727 bits per heavy atom. The smallest absolute Gasteiger partial charge is 0.175 e. The molecule has 0 saturated carbocycles. The third-order valence-electron chi connectivity index (χ3n) is 3.55. The van der Waals surface area contributed by atoms with Gasteiger partial charge in [0.15, 0.2) is 9.84 Å². The Balaban J connectivity index is 0.000000246. The molecule has 2 aromatic rings. The normalized spacial score (nSPS) is 14.0. The second-order valence-corrected chi connectivity index (χ2v) is 7.43. The van der Waals surface area contributed by atoms with Crippen LogP contribution in [0.25, 0.3) is 11.1 Å². The van der Waals surface area contributed by atoms with Crippen LogP contribution in [0.1, 0.15) is 25.7 Å². The zero-order valence-electron chi connectivity index (χ0n) is 12.9. The Bertz CT molecular complexity index is 691. The Hall–Kier alpha value is -1.87. The molecule has 0 atom stereocenters. The van der Waals surface area contributed by atoms with Crippen molar-refractivity contribution in [2.75, 3.05) is 6.26 Å². The van der Waals surface area contributed by atoms with Gasteiger partial charge in [0.2, 0.25) is 0 Å². The Labute approximate surface area is 133 Å². The molecule has 0 amide bonds. The third kappa shape index (κ3) is 5.15. The average Bonchev–Trinajstić information content (AvgIpc) is 2.57. The number of benzene rings is 2. The monoisotopic (exact) mass is 314 g/mol. The fourth-order valence-electron chi connectivity index (χ4n) is 2.29. The van der Waals surface area contributed by atoms with Crippen molar-refractivity contribution in [3.05, 3.63) is 66.7 Å². The van der Waals surface area contributed by atoms with Crippen molar-refractivity contribution in [3.8, 4) is 11.1 Å². The van der Waals surface area contributed by atoms with E-state index < -0.39 is 9.84 Å². The molecule has 3 heteroatoms. The van der Waals surface area contributed by atoms with E-state index in [0.29, 0.717) is 4.90 Å². The molecule has 0 aromatic heterocycles. The largest absolute Gasteiger partial charge is 0.224 e. The van der Waals surface area contributed by atoms with E-state index in [1.54, 1.807) is 12.1 Å². The van der Waals surface area contributed by atoms with Gasteiger partial charge in [0.05, 0.1) is 4.90 Å². The molecule has 2 nitrogen and oxygen atoms in total. The quantitative estimate of drug-likeness (QED) is 0.741. The van der Waals surface area contributed by atoms with Gasteiger partial charge in [-0.05, 0) is 48.9 Å². The topological polar surface area (TPSA) is 34.1 Å². The summed E-state index contributed by atoms with van der Waals surface area (Å²) in [5.41, 5.74) is 2.11. The minimum Gasteiger partial charge on any atom is -0.224 e. The minimum absolute atomic E-state index is 0.354. The highest BCUT2D eigenvalue weighted by Crippen LogP contribution is 2.20. The summed E-state index contributed by atoms with van der Waals surface area (Å²) in [5, 5.41) is 0. The summed E-state index contributed by atoms with van der Waals surface area (Å²) in [6.45, 7) is 0. The summed E-state index contributed by atoms with van der Waals surface area (Å²) in [6, 6.07) is 16.8. The number of hydrogen-bond acceptors (Lipinski definition) is 2. The number of allylic oxidation sites excluding steroid dienone is 2. The molecular weight excluding hydrogens is 292 g/mol. The van der Waals surface area contributed by atoms with Crippen LogP contribution in [0.3, 0.4) is 0 Å². The van der Waals surface area contributed by atoms with Crippen molar-refractivity contribution >= 4 is 9.84 Å². The van der Waals surface area contributed by atoms with Crippen LogP contribution in [-0.2, 0) is 9.84 Å². The van der Waals surface area contributed by atoms with Gasteiger partial charge < -0.3 is 0 Å². The molecule has 0 unspecified atom stereocenters. The van der Waals surface area contributed by atoms with Gasteiger partial charge in [0.25, 0.3) is 0 Å². The number of rotatable bonds is 2. The fourth-order valence-corrected chi connectivity index (χ4v) is 2.92. The van der Waals surface area contributed by atoms with Gasteiger partial charge in [-0.3, -0.25) is 0 Å². The summed E-state index contributed by atoms with van der Waals surface area (Å²) in [5.74, 6) is 0. The SMILES string of the molecule is C1=CCCCC1.CS(=O)(=O)c1ccc(-c2ccccc2)cc1. The molecule has 0 spiro atoms. The van der Waals surface area contributed by atoms with Crippen molar-refractivity contribution in [1.29, 1.82) is 0 Å². The van der Waals surface area contributed by atoms with E-state index in [0.717, 1.165) is 11.1 Å². The first kappa shape index (κ1) is 16.5. The van der Waals surface area contributed by atoms with Crippen LogP contribution in [0.5, 0.6) is 0 Å². The maximum Gasteiger partial charge on any atom is 0.175 e. The summed E-state index contributed by atoms with van der Waals surface area (Å²) >= 11 is 0. The van der Waals surface area contributed by atoms with Crippen LogP contribution in [0.4, 0.5) is 0 Å². The molecular formula is C19H22O2S. The zero-order valence-corrected chi connectivity index (χ0v) is 13.7. The first-order valence-corrected chi connectivity index (χ1v) is 9.47. The van der Waals surface area contributed by atoms with Crippen LogP contribution in [0, 0.1) is 0 Å². The van der Waals surface area contributed by atoms with Crippen LogP contribution in [0.2, 0.25) is 0 Å². The van der Waals surface area contributed by atoms with E-state index in [-0.39, 0.29) is 0 Å². The molecule has 22 heavy (non-hydrogen) atoms. The van der Waals surface area contributed by atoms with Crippen molar-refractivity contribution in [2.24, 2.45) is 0 Å². The molecule has 0 fully saturated rings. The lowest BCUT2D eigenvalue weighted by atomic mass is 10.1. The summed E-state index contributed by atoms with van der Waals surface area (Å²) in [4.78, 5) is 0.354. The molecule has 0 heterocycles. The minimum atomic E-state index is -3.10. The van der Waals surface area contributed by atoms with Crippen LogP contribution in [0.15, 0.2) is 71.6 Å². The third-order valence-corrected chi connectivity index (χ3v) is 4.68. The lowest BCUT2D eigenvalue weighted by molar-refractivity contribution is 0.602. The lowest BCUT2D eigenvalue weighted by Crippen LogP contribution is -1.96. The van der Waals surface area contributed by atoms with Crippen LogP contribution >= 0.6 is 0 Å². The van der Waals surface area contributed by atoms with Crippen molar-refractivity contribution < 1.29 is 8.42 Å². The van der Waals surface area contributed by atoms with E-state index in [1.807, 2.05) is 42.5 Å². The highest BCUT2D eigenvalue weighted by Gasteiger charge is 2.06. The van der Waals surface area contributed by atoms with Gasteiger partial charge in [-0.25, -0.2) is 8.42 Å². The van der Waals surface area contributed by atoms with Gasteiger partial charge in [-0.1, -0.05) is 54.6 Å². The van der Waals surface area contributed by atoms with E-state index in [1.165, 1.54) is 31.9 Å². The fraction of sp³-hybridized carbons (Fsp3) is 0.263. The molecule has 0 N–H and O–H groups in total. The lowest BCUT2D eigenvalue weighted by Gasteiger charge is -2.02. The maximum atomic E-state index is 11.3. The van der Waals surface area contributed by atoms with Gasteiger partial charge in [-0.15, -0.1) is 0 Å². The first-order chi connectivity index (χ1) is 10.6. The van der Waals surface area contributed by atoms with E-state index in [9.17, 15) is 8.42 Å². The maximum absolute atomic E-state index is 11.3. The van der Waals surface area contributed by atoms with E-state index in [4.69, 9.17) is 0 Å². The van der Waals surface area contributed by atoms with Gasteiger partial charge in [0, 0.05) is 6.26 Å². The predicted molar refractivity (Wildman–Crippen MR) is 92.6 cm³/mol. The highest BCUT2D eigenvalue weighted by molar-refractivity contribution is 7.90.